The van der Waals surface area contributed by atoms with Crippen molar-refractivity contribution in [2.75, 3.05) is 46.8 Å². The van der Waals surface area contributed by atoms with Gasteiger partial charge in [-0.2, -0.15) is 0 Å². The number of piperidine rings is 1. The van der Waals surface area contributed by atoms with Crippen LogP contribution < -0.4 is 0 Å². The fourth-order valence-electron chi connectivity index (χ4n) is 3.67. The summed E-state index contributed by atoms with van der Waals surface area (Å²) in [5, 5.41) is 0. The van der Waals surface area contributed by atoms with Crippen molar-refractivity contribution in [1.29, 1.82) is 0 Å². The Morgan fingerprint density at radius 3 is 2.59 bits per heavy atom. The molecule has 1 aromatic rings. The van der Waals surface area contributed by atoms with Crippen LogP contribution in [0.2, 0.25) is 0 Å². The fourth-order valence-corrected chi connectivity index (χ4v) is 3.67. The van der Waals surface area contributed by atoms with Crippen molar-refractivity contribution in [3.63, 3.8) is 0 Å². The monoisotopic (exact) mass is 305 g/mol. The van der Waals surface area contributed by atoms with E-state index >= 15 is 0 Å². The maximum absolute atomic E-state index is 12.8. The summed E-state index contributed by atoms with van der Waals surface area (Å²) in [6.45, 7) is 5.72. The van der Waals surface area contributed by atoms with Gasteiger partial charge >= 0.3 is 0 Å². The van der Waals surface area contributed by atoms with Gasteiger partial charge in [-0.25, -0.2) is 0 Å². The molecule has 122 valence electrons. The minimum atomic E-state index is -0.0702. The molecule has 1 spiro atoms. The maximum atomic E-state index is 12.8. The average Bonchev–Trinajstić information content (AvgIpc) is 3.10. The zero-order valence-corrected chi connectivity index (χ0v) is 13.8. The van der Waals surface area contributed by atoms with E-state index in [0.29, 0.717) is 5.91 Å². The van der Waals surface area contributed by atoms with Gasteiger partial charge in [0.25, 0.3) is 0 Å². The predicted molar refractivity (Wildman–Crippen MR) is 85.4 cm³/mol. The molecule has 2 aliphatic heterocycles. The normalized spacial score (nSPS) is 22.1. The average molecular weight is 305 g/mol. The first-order chi connectivity index (χ1) is 10.6. The van der Waals surface area contributed by atoms with Crippen molar-refractivity contribution in [3.05, 3.63) is 24.2 Å². The quantitative estimate of drug-likeness (QED) is 0.829. The molecule has 1 amide bonds. The summed E-state index contributed by atoms with van der Waals surface area (Å²) in [5.74, 6) is 0.400. The van der Waals surface area contributed by atoms with Gasteiger partial charge in [0.15, 0.2) is 0 Å². The van der Waals surface area contributed by atoms with Crippen LogP contribution in [0.15, 0.2) is 23.0 Å². The highest BCUT2D eigenvalue weighted by Gasteiger charge is 2.47. The van der Waals surface area contributed by atoms with Gasteiger partial charge in [0.05, 0.1) is 17.9 Å². The van der Waals surface area contributed by atoms with Crippen LogP contribution in [0.4, 0.5) is 0 Å². The Hall–Kier alpha value is -1.33. The number of carbonyl (C=O) groups excluding carboxylic acids is 1. The molecule has 0 atom stereocenters. The van der Waals surface area contributed by atoms with E-state index in [-0.39, 0.29) is 5.41 Å². The highest BCUT2D eigenvalue weighted by molar-refractivity contribution is 5.85. The summed E-state index contributed by atoms with van der Waals surface area (Å²) < 4.78 is 5.14. The van der Waals surface area contributed by atoms with Gasteiger partial charge in [-0.1, -0.05) is 0 Å². The molecular formula is C17H27N3O2. The van der Waals surface area contributed by atoms with E-state index in [1.165, 1.54) is 5.56 Å². The maximum Gasteiger partial charge on any atom is 0.228 e. The topological polar surface area (TPSA) is 39.9 Å². The molecule has 3 rings (SSSR count). The van der Waals surface area contributed by atoms with Crippen molar-refractivity contribution >= 4 is 5.91 Å². The van der Waals surface area contributed by atoms with Crippen LogP contribution >= 0.6 is 0 Å². The van der Waals surface area contributed by atoms with Gasteiger partial charge in [-0.15, -0.1) is 0 Å². The number of amides is 1. The van der Waals surface area contributed by atoms with E-state index in [1.807, 2.05) is 12.3 Å². The largest absolute Gasteiger partial charge is 0.472 e. The van der Waals surface area contributed by atoms with E-state index in [4.69, 9.17) is 4.42 Å². The van der Waals surface area contributed by atoms with Crippen LogP contribution in [0.1, 0.15) is 24.8 Å². The highest BCUT2D eigenvalue weighted by atomic mass is 16.3. The molecule has 1 aromatic heterocycles. The molecule has 0 aliphatic carbocycles. The van der Waals surface area contributed by atoms with Crippen LogP contribution in [0, 0.1) is 5.41 Å². The van der Waals surface area contributed by atoms with Crippen LogP contribution in [0.25, 0.3) is 0 Å². The SMILES string of the molecule is CN(C)CCN1CCC2(CCN(Cc3ccoc3)CC2)C1=O. The van der Waals surface area contributed by atoms with E-state index < -0.39 is 0 Å². The minimum Gasteiger partial charge on any atom is -0.472 e. The van der Waals surface area contributed by atoms with E-state index in [0.717, 1.165) is 58.5 Å². The van der Waals surface area contributed by atoms with Crippen molar-refractivity contribution in [3.8, 4) is 0 Å². The Balaban J connectivity index is 1.52. The lowest BCUT2D eigenvalue weighted by Crippen LogP contribution is -2.45. The Bertz CT molecular complexity index is 490. The van der Waals surface area contributed by atoms with E-state index in [9.17, 15) is 4.79 Å². The molecular weight excluding hydrogens is 278 g/mol. The Labute approximate surface area is 132 Å². The lowest BCUT2D eigenvalue weighted by atomic mass is 9.77. The van der Waals surface area contributed by atoms with Crippen molar-refractivity contribution in [1.82, 2.24) is 14.7 Å². The summed E-state index contributed by atoms with van der Waals surface area (Å²) in [4.78, 5) is 19.4. The Morgan fingerprint density at radius 1 is 1.23 bits per heavy atom. The second kappa shape index (κ2) is 6.42. The summed E-state index contributed by atoms with van der Waals surface area (Å²) in [6.07, 6.45) is 6.58. The number of likely N-dealkylation sites (N-methyl/N-ethyl adjacent to an activating group) is 1. The summed E-state index contributed by atoms with van der Waals surface area (Å²) in [7, 11) is 4.12. The summed E-state index contributed by atoms with van der Waals surface area (Å²) in [5.41, 5.74) is 1.15. The first kappa shape index (κ1) is 15.6. The van der Waals surface area contributed by atoms with Crippen LogP contribution in [-0.2, 0) is 11.3 Å². The van der Waals surface area contributed by atoms with Crippen LogP contribution in [0.5, 0.6) is 0 Å². The highest BCUT2D eigenvalue weighted by Crippen LogP contribution is 2.41. The number of hydrogen-bond acceptors (Lipinski definition) is 4. The third-order valence-corrected chi connectivity index (χ3v) is 5.22. The zero-order chi connectivity index (χ0) is 15.6. The molecule has 3 heterocycles. The number of furan rings is 1. The molecule has 0 unspecified atom stereocenters. The summed E-state index contributed by atoms with van der Waals surface area (Å²) in [6, 6.07) is 2.02. The number of nitrogens with zero attached hydrogens (tertiary/aromatic N) is 3. The standard InChI is InChI=1S/C17H27N3O2/c1-18(2)10-11-20-9-6-17(16(20)21)4-7-19(8-5-17)13-15-3-12-22-14-15/h3,12,14H,4-11,13H2,1-2H3. The predicted octanol–water partition coefficient (Wildman–Crippen LogP) is 1.66. The van der Waals surface area contributed by atoms with Gasteiger partial charge in [0.1, 0.15) is 0 Å². The molecule has 2 fully saturated rings. The van der Waals surface area contributed by atoms with Gasteiger partial charge in [-0.05, 0) is 52.5 Å². The molecule has 0 radical (unpaired) electrons. The van der Waals surface area contributed by atoms with Gasteiger partial charge in [0, 0.05) is 31.7 Å². The number of rotatable bonds is 5. The van der Waals surface area contributed by atoms with Gasteiger partial charge in [-0.3, -0.25) is 9.69 Å². The molecule has 0 bridgehead atoms. The number of likely N-dealkylation sites (tertiary alicyclic amines) is 2. The van der Waals surface area contributed by atoms with Crippen molar-refractivity contribution in [2.24, 2.45) is 5.41 Å². The molecule has 5 nitrogen and oxygen atoms in total. The second-order valence-corrected chi connectivity index (χ2v) is 7.03. The lowest BCUT2D eigenvalue weighted by molar-refractivity contribution is -0.138. The first-order valence-corrected chi connectivity index (χ1v) is 8.27. The van der Waals surface area contributed by atoms with E-state index in [1.54, 1.807) is 6.26 Å². The second-order valence-electron chi connectivity index (χ2n) is 7.03. The Kier molecular flexibility index (Phi) is 4.54. The van der Waals surface area contributed by atoms with Crippen LogP contribution in [-0.4, -0.2) is 67.4 Å². The first-order valence-electron chi connectivity index (χ1n) is 8.27. The van der Waals surface area contributed by atoms with Crippen molar-refractivity contribution < 1.29 is 9.21 Å². The smallest absolute Gasteiger partial charge is 0.228 e. The fraction of sp³-hybridized carbons (Fsp3) is 0.706. The van der Waals surface area contributed by atoms with E-state index in [2.05, 4.69) is 28.8 Å². The molecule has 22 heavy (non-hydrogen) atoms. The molecule has 2 aliphatic rings. The molecule has 0 N–H and O–H groups in total. The van der Waals surface area contributed by atoms with Gasteiger partial charge in [0.2, 0.25) is 5.91 Å². The molecule has 0 aromatic carbocycles. The zero-order valence-electron chi connectivity index (χ0n) is 13.8. The van der Waals surface area contributed by atoms with Crippen molar-refractivity contribution in [2.45, 2.75) is 25.8 Å². The molecule has 0 saturated carbocycles. The third-order valence-electron chi connectivity index (χ3n) is 5.22. The summed E-state index contributed by atoms with van der Waals surface area (Å²) >= 11 is 0. The minimum absolute atomic E-state index is 0.0702. The van der Waals surface area contributed by atoms with Crippen LogP contribution in [0.3, 0.4) is 0 Å². The lowest BCUT2D eigenvalue weighted by Gasteiger charge is -2.37. The van der Waals surface area contributed by atoms with Gasteiger partial charge < -0.3 is 14.2 Å². The number of carbonyl (C=O) groups is 1. The Morgan fingerprint density at radius 2 is 1.95 bits per heavy atom. The molecule has 5 heteroatoms. The molecule has 2 saturated heterocycles. The third kappa shape index (κ3) is 3.20. The number of hydrogen-bond donors (Lipinski definition) is 0.